The summed E-state index contributed by atoms with van der Waals surface area (Å²) >= 11 is 6.38. The minimum Gasteiger partial charge on any atom is -0.478 e. The number of pyridine rings is 1. The summed E-state index contributed by atoms with van der Waals surface area (Å²) < 4.78 is 12.7. The van der Waals surface area contributed by atoms with Gasteiger partial charge < -0.3 is 29.6 Å². The number of carbonyl (C=O) groups excluding carboxylic acids is 1. The van der Waals surface area contributed by atoms with E-state index in [-0.39, 0.29) is 36.0 Å². The van der Waals surface area contributed by atoms with Gasteiger partial charge in [-0.25, -0.2) is 4.98 Å². The van der Waals surface area contributed by atoms with E-state index in [4.69, 9.17) is 21.1 Å². The van der Waals surface area contributed by atoms with Gasteiger partial charge in [-0.3, -0.25) is 9.59 Å². The lowest BCUT2D eigenvalue weighted by atomic mass is 10.2. The molecule has 0 spiro atoms. The molecule has 1 saturated heterocycles. The number of hydrogen-bond donors (Lipinski definition) is 2. The van der Waals surface area contributed by atoms with E-state index in [9.17, 15) is 9.59 Å². The third kappa shape index (κ3) is 6.24. The van der Waals surface area contributed by atoms with E-state index in [1.54, 1.807) is 19.3 Å². The first-order valence-corrected chi connectivity index (χ1v) is 12.3. The highest BCUT2D eigenvalue weighted by Crippen LogP contribution is 2.28. The molecule has 0 aliphatic carbocycles. The second-order valence-corrected chi connectivity index (χ2v) is 8.67. The van der Waals surface area contributed by atoms with Crippen LogP contribution in [0.4, 0.5) is 17.5 Å². The monoisotopic (exact) mass is 516 g/mol. The Morgan fingerprint density at radius 2 is 1.92 bits per heavy atom. The highest BCUT2D eigenvalue weighted by atomic mass is 35.5. The molecule has 2 atom stereocenters. The average Bonchev–Trinajstić information content (AvgIpc) is 2.87. The predicted octanol–water partition coefficient (Wildman–Crippen LogP) is 3.49. The summed E-state index contributed by atoms with van der Waals surface area (Å²) in [5.74, 6) is 0.810. The molecule has 2 unspecified atom stereocenters. The Morgan fingerprint density at radius 1 is 1.22 bits per heavy atom. The second-order valence-electron chi connectivity index (χ2n) is 8.26. The number of carbonyl (C=O) groups is 1. The molecule has 1 amide bonds. The van der Waals surface area contributed by atoms with Crippen molar-refractivity contribution in [1.82, 2.24) is 19.9 Å². The average molecular weight is 517 g/mol. The number of aromatic nitrogens is 3. The molecule has 1 aliphatic heterocycles. The minimum absolute atomic E-state index is 0.0754. The molecule has 3 heterocycles. The van der Waals surface area contributed by atoms with Crippen molar-refractivity contribution in [2.24, 2.45) is 7.05 Å². The molecule has 10 nitrogen and oxygen atoms in total. The Labute approximate surface area is 215 Å². The molecule has 36 heavy (non-hydrogen) atoms. The van der Waals surface area contributed by atoms with E-state index < -0.39 is 0 Å². The smallest absolute Gasteiger partial charge is 0.293 e. The molecule has 0 bridgehead atoms. The quantitative estimate of drug-likeness (QED) is 0.512. The zero-order chi connectivity index (χ0) is 26.4. The number of rotatable bonds is 6. The van der Waals surface area contributed by atoms with E-state index in [2.05, 4.69) is 25.5 Å². The van der Waals surface area contributed by atoms with Crippen LogP contribution in [-0.4, -0.2) is 59.4 Å². The van der Waals surface area contributed by atoms with Crippen molar-refractivity contribution in [2.75, 3.05) is 37.0 Å². The van der Waals surface area contributed by atoms with Crippen LogP contribution in [0.3, 0.4) is 0 Å². The SMILES string of the molecule is CC.CNC(=O)COc1cc2cc(Nc3nc(N4CC(C)OC(C)C4)ncc3Cl)ccc2n(C)c1=O. The molecule has 2 N–H and O–H groups in total. The van der Waals surface area contributed by atoms with Crippen molar-refractivity contribution in [2.45, 2.75) is 39.9 Å². The Bertz CT molecular complexity index is 1270. The van der Waals surface area contributed by atoms with E-state index in [0.29, 0.717) is 35.4 Å². The van der Waals surface area contributed by atoms with Crippen LogP contribution in [-0.2, 0) is 16.6 Å². The summed E-state index contributed by atoms with van der Waals surface area (Å²) in [6.45, 7) is 9.18. The highest BCUT2D eigenvalue weighted by molar-refractivity contribution is 6.32. The number of aryl methyl sites for hydroxylation is 1. The van der Waals surface area contributed by atoms with Crippen LogP contribution in [0, 0.1) is 0 Å². The number of likely N-dealkylation sites (N-methyl/N-ethyl adjacent to an activating group) is 1. The largest absolute Gasteiger partial charge is 0.478 e. The molecule has 194 valence electrons. The molecule has 1 aromatic carbocycles. The summed E-state index contributed by atoms with van der Waals surface area (Å²) in [7, 11) is 3.16. The zero-order valence-corrected chi connectivity index (χ0v) is 22.2. The molecule has 0 saturated carbocycles. The molecule has 11 heteroatoms. The van der Waals surface area contributed by atoms with Crippen LogP contribution in [0.1, 0.15) is 27.7 Å². The summed E-state index contributed by atoms with van der Waals surface area (Å²) in [5.41, 5.74) is 1.11. The summed E-state index contributed by atoms with van der Waals surface area (Å²) in [4.78, 5) is 35.2. The Balaban J connectivity index is 0.00000176. The van der Waals surface area contributed by atoms with Gasteiger partial charge in [-0.05, 0) is 38.1 Å². The number of hydrogen-bond acceptors (Lipinski definition) is 8. The number of fused-ring (bicyclic) bond motifs is 1. The van der Waals surface area contributed by atoms with Gasteiger partial charge in [0.25, 0.3) is 11.5 Å². The lowest BCUT2D eigenvalue weighted by Crippen LogP contribution is -2.46. The van der Waals surface area contributed by atoms with Gasteiger partial charge in [0, 0.05) is 38.3 Å². The van der Waals surface area contributed by atoms with Gasteiger partial charge in [0.1, 0.15) is 5.02 Å². The zero-order valence-electron chi connectivity index (χ0n) is 21.5. The number of ether oxygens (including phenoxy) is 2. The van der Waals surface area contributed by atoms with Crippen molar-refractivity contribution >= 4 is 45.9 Å². The Kier molecular flexibility index (Phi) is 9.11. The van der Waals surface area contributed by atoms with E-state index in [1.165, 1.54) is 11.6 Å². The fourth-order valence-electron chi connectivity index (χ4n) is 3.93. The molecule has 1 aliphatic rings. The van der Waals surface area contributed by atoms with Crippen molar-refractivity contribution in [3.63, 3.8) is 0 Å². The van der Waals surface area contributed by atoms with E-state index in [0.717, 1.165) is 11.1 Å². The van der Waals surface area contributed by atoms with Crippen LogP contribution in [0.25, 0.3) is 10.9 Å². The van der Waals surface area contributed by atoms with Crippen molar-refractivity contribution < 1.29 is 14.3 Å². The molecular weight excluding hydrogens is 484 g/mol. The van der Waals surface area contributed by atoms with Gasteiger partial charge in [-0.2, -0.15) is 4.98 Å². The Hall–Kier alpha value is -3.37. The molecule has 3 aromatic rings. The summed E-state index contributed by atoms with van der Waals surface area (Å²) in [6, 6.07) is 7.14. The van der Waals surface area contributed by atoms with Gasteiger partial charge in [-0.15, -0.1) is 0 Å². The first-order chi connectivity index (χ1) is 17.2. The number of nitrogens with one attached hydrogen (secondary N) is 2. The van der Waals surface area contributed by atoms with Gasteiger partial charge in [0.05, 0.1) is 23.9 Å². The predicted molar refractivity (Wildman–Crippen MR) is 143 cm³/mol. The first-order valence-electron chi connectivity index (χ1n) is 11.9. The normalized spacial score (nSPS) is 17.2. The third-order valence-electron chi connectivity index (χ3n) is 5.53. The molecular formula is C25H33ClN6O4. The Morgan fingerprint density at radius 3 is 2.58 bits per heavy atom. The topological polar surface area (TPSA) is 111 Å². The van der Waals surface area contributed by atoms with E-state index in [1.807, 2.05) is 45.9 Å². The maximum absolute atomic E-state index is 12.6. The van der Waals surface area contributed by atoms with Crippen LogP contribution in [0.15, 0.2) is 35.3 Å². The third-order valence-corrected chi connectivity index (χ3v) is 5.80. The van der Waals surface area contributed by atoms with E-state index >= 15 is 0 Å². The van der Waals surface area contributed by atoms with Gasteiger partial charge in [0.2, 0.25) is 5.95 Å². The van der Waals surface area contributed by atoms with Crippen LogP contribution in [0.2, 0.25) is 5.02 Å². The number of amides is 1. The standard InChI is InChI=1S/C23H27ClN6O4.C2H6/c1-13-10-30(11-14(2)34-13)23-26-9-17(24)21(28-23)27-16-5-6-18-15(7-16)8-19(22(32)29(18)4)33-12-20(31)25-3;1-2/h5-9,13-14H,10-12H2,1-4H3,(H,25,31)(H,26,27,28);1-2H3. The molecule has 2 aromatic heterocycles. The summed E-state index contributed by atoms with van der Waals surface area (Å²) in [5, 5.41) is 6.84. The fourth-order valence-corrected chi connectivity index (χ4v) is 4.06. The van der Waals surface area contributed by atoms with Crippen molar-refractivity contribution in [1.29, 1.82) is 0 Å². The summed E-state index contributed by atoms with van der Waals surface area (Å²) in [6.07, 6.45) is 1.73. The number of halogens is 1. The molecule has 4 rings (SSSR count). The number of benzene rings is 1. The number of anilines is 3. The van der Waals surface area contributed by atoms with Crippen molar-refractivity contribution in [3.8, 4) is 5.75 Å². The number of nitrogens with zero attached hydrogens (tertiary/aromatic N) is 4. The lowest BCUT2D eigenvalue weighted by molar-refractivity contribution is -0.122. The second kappa shape index (κ2) is 12.0. The van der Waals surface area contributed by atoms with Gasteiger partial charge >= 0.3 is 0 Å². The van der Waals surface area contributed by atoms with Crippen molar-refractivity contribution in [3.05, 3.63) is 45.8 Å². The molecule has 1 fully saturated rings. The van der Waals surface area contributed by atoms with Crippen LogP contribution in [0.5, 0.6) is 5.75 Å². The maximum atomic E-state index is 12.6. The molecule has 0 radical (unpaired) electrons. The number of morpholine rings is 1. The van der Waals surface area contributed by atoms with Gasteiger partial charge in [-0.1, -0.05) is 25.4 Å². The fraction of sp³-hybridized carbons (Fsp3) is 0.440. The first kappa shape index (κ1) is 27.2. The minimum atomic E-state index is -0.324. The lowest BCUT2D eigenvalue weighted by Gasteiger charge is -2.35. The van der Waals surface area contributed by atoms with Gasteiger partial charge in [0.15, 0.2) is 18.2 Å². The maximum Gasteiger partial charge on any atom is 0.293 e. The highest BCUT2D eigenvalue weighted by Gasteiger charge is 2.24. The van der Waals surface area contributed by atoms with Crippen LogP contribution < -0.4 is 25.8 Å². The van der Waals surface area contributed by atoms with Crippen LogP contribution >= 0.6 is 11.6 Å².